The molecule has 7 nitrogen and oxygen atoms in total. The first-order valence-corrected chi connectivity index (χ1v) is 10.2. The molecule has 25 heavy (non-hydrogen) atoms. The van der Waals surface area contributed by atoms with E-state index in [0.717, 1.165) is 26.1 Å². The Bertz CT molecular complexity index is 613. The lowest BCUT2D eigenvalue weighted by Gasteiger charge is -2.17. The third-order valence-corrected chi connectivity index (χ3v) is 5.26. The lowest BCUT2D eigenvalue weighted by atomic mass is 10.2. The maximum Gasteiger partial charge on any atom is 0.251 e. The zero-order valence-electron chi connectivity index (χ0n) is 15.2. The lowest BCUT2D eigenvalue weighted by molar-refractivity contribution is 0.0956. The normalized spacial score (nSPS) is 11.5. The van der Waals surface area contributed by atoms with E-state index in [9.17, 15) is 13.2 Å². The van der Waals surface area contributed by atoms with Crippen molar-refractivity contribution in [2.45, 2.75) is 20.3 Å². The van der Waals surface area contributed by atoms with Gasteiger partial charge in [0.2, 0.25) is 10.0 Å². The van der Waals surface area contributed by atoms with Crippen molar-refractivity contribution in [1.29, 1.82) is 0 Å². The van der Waals surface area contributed by atoms with E-state index in [1.807, 2.05) is 0 Å². The van der Waals surface area contributed by atoms with Crippen LogP contribution in [0.25, 0.3) is 0 Å². The van der Waals surface area contributed by atoms with E-state index in [1.165, 1.54) is 0 Å². The first-order valence-electron chi connectivity index (χ1n) is 8.53. The Balaban J connectivity index is 2.29. The van der Waals surface area contributed by atoms with E-state index in [1.54, 1.807) is 31.4 Å². The zero-order valence-corrected chi connectivity index (χ0v) is 16.1. The summed E-state index contributed by atoms with van der Waals surface area (Å²) in [5.41, 5.74) is 0.463. The Kier molecular flexibility index (Phi) is 9.48. The first-order chi connectivity index (χ1) is 11.9. The molecule has 1 aromatic carbocycles. The average Bonchev–Trinajstić information content (AvgIpc) is 2.61. The number of hydrogen-bond donors (Lipinski definition) is 2. The van der Waals surface area contributed by atoms with Crippen LogP contribution in [0, 0.1) is 0 Å². The van der Waals surface area contributed by atoms with Crippen molar-refractivity contribution in [1.82, 2.24) is 14.9 Å². The molecule has 1 aromatic rings. The molecule has 0 bridgehead atoms. The summed E-state index contributed by atoms with van der Waals surface area (Å²) in [6.45, 7) is 7.42. The Labute approximate surface area is 150 Å². The number of hydrogen-bond acceptors (Lipinski definition) is 5. The number of nitrogens with zero attached hydrogens (tertiary/aromatic N) is 1. The maximum atomic E-state index is 12.0. The van der Waals surface area contributed by atoms with Crippen LogP contribution in [0.15, 0.2) is 24.3 Å². The summed E-state index contributed by atoms with van der Waals surface area (Å²) in [4.78, 5) is 14.2. The van der Waals surface area contributed by atoms with Gasteiger partial charge in [0.15, 0.2) is 0 Å². The SMILES string of the molecule is CCN(CC)CCCNS(=O)(=O)CCNC(=O)c1ccc(OC)cc1. The van der Waals surface area contributed by atoms with E-state index < -0.39 is 10.0 Å². The number of sulfonamides is 1. The van der Waals surface area contributed by atoms with Crippen molar-refractivity contribution in [2.24, 2.45) is 0 Å². The van der Waals surface area contributed by atoms with Gasteiger partial charge in [-0.3, -0.25) is 4.79 Å². The quantitative estimate of drug-likeness (QED) is 0.537. The molecule has 0 heterocycles. The third-order valence-electron chi connectivity index (χ3n) is 3.88. The minimum atomic E-state index is -3.38. The predicted molar refractivity (Wildman–Crippen MR) is 99.5 cm³/mol. The van der Waals surface area contributed by atoms with Gasteiger partial charge in [-0.05, 0) is 50.3 Å². The molecular weight excluding hydrogens is 342 g/mol. The summed E-state index contributed by atoms with van der Waals surface area (Å²) >= 11 is 0. The Hall–Kier alpha value is -1.64. The van der Waals surface area contributed by atoms with Crippen LogP contribution in [0.5, 0.6) is 5.75 Å². The van der Waals surface area contributed by atoms with Crippen molar-refractivity contribution in [3.05, 3.63) is 29.8 Å². The molecule has 0 radical (unpaired) electrons. The molecule has 8 heteroatoms. The smallest absolute Gasteiger partial charge is 0.251 e. The molecule has 0 saturated heterocycles. The van der Waals surface area contributed by atoms with E-state index in [4.69, 9.17) is 4.74 Å². The molecule has 2 N–H and O–H groups in total. The number of ether oxygens (including phenoxy) is 1. The molecule has 0 unspecified atom stereocenters. The van der Waals surface area contributed by atoms with Gasteiger partial charge in [0.05, 0.1) is 12.9 Å². The van der Waals surface area contributed by atoms with Crippen molar-refractivity contribution in [2.75, 3.05) is 45.6 Å². The van der Waals surface area contributed by atoms with E-state index in [2.05, 4.69) is 28.8 Å². The van der Waals surface area contributed by atoms with E-state index in [-0.39, 0.29) is 18.2 Å². The average molecular weight is 372 g/mol. The second-order valence-electron chi connectivity index (χ2n) is 5.58. The van der Waals surface area contributed by atoms with Crippen LogP contribution in [0.1, 0.15) is 30.6 Å². The number of benzene rings is 1. The molecule has 142 valence electrons. The lowest BCUT2D eigenvalue weighted by Crippen LogP contribution is -2.35. The molecule has 0 aliphatic heterocycles. The molecular formula is C17H29N3O4S. The van der Waals surface area contributed by atoms with E-state index in [0.29, 0.717) is 17.9 Å². The van der Waals surface area contributed by atoms with Crippen LogP contribution in [0.2, 0.25) is 0 Å². The molecule has 0 saturated carbocycles. The third kappa shape index (κ3) is 8.33. The van der Waals surface area contributed by atoms with Gasteiger partial charge in [0, 0.05) is 18.7 Å². The van der Waals surface area contributed by atoms with Crippen LogP contribution in [-0.2, 0) is 10.0 Å². The highest BCUT2D eigenvalue weighted by Crippen LogP contribution is 2.10. The van der Waals surface area contributed by atoms with Gasteiger partial charge in [-0.2, -0.15) is 0 Å². The van der Waals surface area contributed by atoms with Gasteiger partial charge in [0.25, 0.3) is 5.91 Å². The highest BCUT2D eigenvalue weighted by Gasteiger charge is 2.11. The maximum absolute atomic E-state index is 12.0. The van der Waals surface area contributed by atoms with Crippen molar-refractivity contribution in [3.8, 4) is 5.75 Å². The van der Waals surface area contributed by atoms with Crippen molar-refractivity contribution >= 4 is 15.9 Å². The number of carbonyl (C=O) groups is 1. The number of methoxy groups -OCH3 is 1. The van der Waals surface area contributed by atoms with Gasteiger partial charge in [-0.1, -0.05) is 13.8 Å². The van der Waals surface area contributed by atoms with Crippen molar-refractivity contribution in [3.63, 3.8) is 0 Å². The minimum Gasteiger partial charge on any atom is -0.497 e. The summed E-state index contributed by atoms with van der Waals surface area (Å²) in [6, 6.07) is 6.63. The largest absolute Gasteiger partial charge is 0.497 e. The Morgan fingerprint density at radius 1 is 1.12 bits per heavy atom. The number of carbonyl (C=O) groups excluding carboxylic acids is 1. The Morgan fingerprint density at radius 2 is 1.76 bits per heavy atom. The number of rotatable bonds is 12. The van der Waals surface area contributed by atoms with Gasteiger partial charge in [-0.25, -0.2) is 13.1 Å². The van der Waals surface area contributed by atoms with Crippen LogP contribution in [0.4, 0.5) is 0 Å². The first kappa shape index (κ1) is 21.4. The second-order valence-corrected chi connectivity index (χ2v) is 7.50. The van der Waals surface area contributed by atoms with Crippen LogP contribution >= 0.6 is 0 Å². The Morgan fingerprint density at radius 3 is 2.32 bits per heavy atom. The van der Waals surface area contributed by atoms with Gasteiger partial charge < -0.3 is 15.0 Å². The standard InChI is InChI=1S/C17H29N3O4S/c1-4-20(5-2)13-6-11-19-25(22,23)14-12-18-17(21)15-7-9-16(24-3)10-8-15/h7-10,19H,4-6,11-14H2,1-3H3,(H,18,21). The van der Waals surface area contributed by atoms with Gasteiger partial charge >= 0.3 is 0 Å². The molecule has 0 aliphatic rings. The molecule has 1 rings (SSSR count). The molecule has 0 spiro atoms. The van der Waals surface area contributed by atoms with Gasteiger partial charge in [-0.15, -0.1) is 0 Å². The minimum absolute atomic E-state index is 0.0657. The predicted octanol–water partition coefficient (Wildman–Crippen LogP) is 1.08. The summed E-state index contributed by atoms with van der Waals surface area (Å²) in [5.74, 6) is 0.215. The summed E-state index contributed by atoms with van der Waals surface area (Å²) in [7, 11) is -1.83. The van der Waals surface area contributed by atoms with Crippen molar-refractivity contribution < 1.29 is 17.9 Å². The summed E-state index contributed by atoms with van der Waals surface area (Å²) in [6.07, 6.45) is 0.763. The highest BCUT2D eigenvalue weighted by atomic mass is 32.2. The highest BCUT2D eigenvalue weighted by molar-refractivity contribution is 7.89. The molecule has 0 aromatic heterocycles. The molecule has 0 fully saturated rings. The van der Waals surface area contributed by atoms with Gasteiger partial charge in [0.1, 0.15) is 5.75 Å². The van der Waals surface area contributed by atoms with Crippen LogP contribution < -0.4 is 14.8 Å². The fourth-order valence-electron chi connectivity index (χ4n) is 2.29. The molecule has 0 atom stereocenters. The topological polar surface area (TPSA) is 87.7 Å². The number of nitrogens with one attached hydrogen (secondary N) is 2. The zero-order chi connectivity index (χ0) is 18.7. The van der Waals surface area contributed by atoms with E-state index >= 15 is 0 Å². The monoisotopic (exact) mass is 371 g/mol. The number of amides is 1. The summed E-state index contributed by atoms with van der Waals surface area (Å²) < 4.78 is 31.4. The van der Waals surface area contributed by atoms with Crippen LogP contribution in [0.3, 0.4) is 0 Å². The fourth-order valence-corrected chi connectivity index (χ4v) is 3.26. The molecule has 0 aliphatic carbocycles. The fraction of sp³-hybridized carbons (Fsp3) is 0.588. The second kappa shape index (κ2) is 11.1. The molecule has 1 amide bonds. The summed E-state index contributed by atoms with van der Waals surface area (Å²) in [5, 5.41) is 2.61. The van der Waals surface area contributed by atoms with Crippen LogP contribution in [-0.4, -0.2) is 64.8 Å².